The van der Waals surface area contributed by atoms with Gasteiger partial charge in [-0.15, -0.1) is 0 Å². The highest BCUT2D eigenvalue weighted by atomic mass is 14.1. The zero-order chi connectivity index (χ0) is 10.8. The van der Waals surface area contributed by atoms with E-state index in [1.54, 1.807) is 5.57 Å². The van der Waals surface area contributed by atoms with Gasteiger partial charge in [0.1, 0.15) is 0 Å². The van der Waals surface area contributed by atoms with Crippen molar-refractivity contribution < 1.29 is 0 Å². The quantitative estimate of drug-likeness (QED) is 0.465. The Hall–Kier alpha value is -0.260. The Morgan fingerprint density at radius 2 is 1.87 bits per heavy atom. The van der Waals surface area contributed by atoms with E-state index in [0.29, 0.717) is 0 Å². The second-order valence-electron chi connectivity index (χ2n) is 4.79. The molecule has 1 aliphatic carbocycles. The Kier molecular flexibility index (Phi) is 7.69. The predicted molar refractivity (Wildman–Crippen MR) is 68.8 cm³/mol. The van der Waals surface area contributed by atoms with E-state index in [-0.39, 0.29) is 0 Å². The Labute approximate surface area is 96.2 Å². The van der Waals surface area contributed by atoms with Gasteiger partial charge in [-0.25, -0.2) is 0 Å². The summed E-state index contributed by atoms with van der Waals surface area (Å²) in [6.45, 7) is 2.28. The first-order valence-corrected chi connectivity index (χ1v) is 6.95. The molecule has 0 saturated heterocycles. The van der Waals surface area contributed by atoms with Gasteiger partial charge in [-0.1, -0.05) is 57.1 Å². The molecule has 0 spiro atoms. The van der Waals surface area contributed by atoms with E-state index < -0.39 is 0 Å². The summed E-state index contributed by atoms with van der Waals surface area (Å²) < 4.78 is 0. The molecule has 0 aromatic carbocycles. The summed E-state index contributed by atoms with van der Waals surface area (Å²) >= 11 is 0. The van der Waals surface area contributed by atoms with Gasteiger partial charge in [0, 0.05) is 0 Å². The van der Waals surface area contributed by atoms with E-state index in [0.717, 1.165) is 0 Å². The number of rotatable bonds is 8. The molecular formula is C15H27. The number of hydrogen-bond donors (Lipinski definition) is 0. The van der Waals surface area contributed by atoms with Crippen LogP contribution in [0, 0.1) is 6.42 Å². The topological polar surface area (TPSA) is 0 Å². The Balaban J connectivity index is 1.86. The van der Waals surface area contributed by atoms with Crippen LogP contribution in [-0.4, -0.2) is 0 Å². The number of allylic oxidation sites excluding steroid dienone is 2. The summed E-state index contributed by atoms with van der Waals surface area (Å²) in [5.74, 6) is 0. The molecule has 1 aliphatic rings. The monoisotopic (exact) mass is 207 g/mol. The van der Waals surface area contributed by atoms with Crippen molar-refractivity contribution in [1.82, 2.24) is 0 Å². The molecule has 0 heteroatoms. The van der Waals surface area contributed by atoms with Gasteiger partial charge < -0.3 is 0 Å². The first-order valence-electron chi connectivity index (χ1n) is 6.95. The van der Waals surface area contributed by atoms with Crippen LogP contribution in [-0.2, 0) is 0 Å². The van der Waals surface area contributed by atoms with Gasteiger partial charge in [-0.3, -0.25) is 0 Å². The maximum Gasteiger partial charge on any atom is -0.0138 e. The SMILES string of the molecule is CCCCCCCC[CH]C1=CCCCC1. The van der Waals surface area contributed by atoms with Crippen molar-refractivity contribution in [3.05, 3.63) is 18.1 Å². The van der Waals surface area contributed by atoms with Gasteiger partial charge in [0.2, 0.25) is 0 Å². The highest BCUT2D eigenvalue weighted by Crippen LogP contribution is 2.21. The summed E-state index contributed by atoms with van der Waals surface area (Å²) in [7, 11) is 0. The highest BCUT2D eigenvalue weighted by molar-refractivity contribution is 5.14. The molecule has 87 valence electrons. The lowest BCUT2D eigenvalue weighted by Gasteiger charge is -2.11. The molecule has 1 radical (unpaired) electrons. The molecular weight excluding hydrogens is 180 g/mol. The van der Waals surface area contributed by atoms with Gasteiger partial charge in [0.15, 0.2) is 0 Å². The fraction of sp³-hybridized carbons (Fsp3) is 0.800. The molecule has 0 fully saturated rings. The van der Waals surface area contributed by atoms with Crippen LogP contribution < -0.4 is 0 Å². The highest BCUT2D eigenvalue weighted by Gasteiger charge is 2.02. The van der Waals surface area contributed by atoms with Crippen molar-refractivity contribution in [3.8, 4) is 0 Å². The molecule has 1 rings (SSSR count). The summed E-state index contributed by atoms with van der Waals surface area (Å²) in [6, 6.07) is 0. The smallest absolute Gasteiger partial charge is 0.0138 e. The van der Waals surface area contributed by atoms with Crippen LogP contribution in [0.1, 0.15) is 77.6 Å². The second kappa shape index (κ2) is 9.00. The van der Waals surface area contributed by atoms with Crippen LogP contribution in [0.4, 0.5) is 0 Å². The molecule has 0 N–H and O–H groups in total. The van der Waals surface area contributed by atoms with Crippen molar-refractivity contribution in [2.45, 2.75) is 77.6 Å². The Morgan fingerprint density at radius 3 is 2.60 bits per heavy atom. The van der Waals surface area contributed by atoms with Crippen LogP contribution in [0.25, 0.3) is 0 Å². The first-order chi connectivity index (χ1) is 7.43. The second-order valence-corrected chi connectivity index (χ2v) is 4.79. The molecule has 0 atom stereocenters. The number of hydrogen-bond acceptors (Lipinski definition) is 0. The van der Waals surface area contributed by atoms with E-state index in [1.165, 1.54) is 70.6 Å². The van der Waals surface area contributed by atoms with E-state index in [4.69, 9.17) is 0 Å². The minimum Gasteiger partial charge on any atom is -0.0850 e. The average molecular weight is 207 g/mol. The van der Waals surface area contributed by atoms with E-state index >= 15 is 0 Å². The lowest BCUT2D eigenvalue weighted by atomic mass is 9.95. The molecule has 15 heavy (non-hydrogen) atoms. The third-order valence-electron chi connectivity index (χ3n) is 3.29. The van der Waals surface area contributed by atoms with Crippen LogP contribution in [0.15, 0.2) is 11.6 Å². The van der Waals surface area contributed by atoms with Crippen LogP contribution in [0.2, 0.25) is 0 Å². The third kappa shape index (κ3) is 6.76. The van der Waals surface area contributed by atoms with Crippen LogP contribution in [0.3, 0.4) is 0 Å². The minimum absolute atomic E-state index is 1.32. The Morgan fingerprint density at radius 1 is 1.07 bits per heavy atom. The van der Waals surface area contributed by atoms with Crippen molar-refractivity contribution >= 4 is 0 Å². The molecule has 0 heterocycles. The van der Waals surface area contributed by atoms with Gasteiger partial charge in [-0.2, -0.15) is 0 Å². The summed E-state index contributed by atoms with van der Waals surface area (Å²) in [5, 5.41) is 0. The zero-order valence-corrected chi connectivity index (χ0v) is 10.4. The van der Waals surface area contributed by atoms with Crippen LogP contribution in [0.5, 0.6) is 0 Å². The van der Waals surface area contributed by atoms with E-state index in [1.807, 2.05) is 0 Å². The average Bonchev–Trinajstić information content (AvgIpc) is 2.29. The van der Waals surface area contributed by atoms with Crippen molar-refractivity contribution in [1.29, 1.82) is 0 Å². The predicted octanol–water partition coefficient (Wildman–Crippen LogP) is 5.44. The fourth-order valence-electron chi connectivity index (χ4n) is 2.26. The fourth-order valence-corrected chi connectivity index (χ4v) is 2.26. The van der Waals surface area contributed by atoms with Gasteiger partial charge in [-0.05, 0) is 38.5 Å². The van der Waals surface area contributed by atoms with Gasteiger partial charge in [0.05, 0.1) is 0 Å². The van der Waals surface area contributed by atoms with Crippen LogP contribution >= 0.6 is 0 Å². The minimum atomic E-state index is 1.32. The molecule has 0 bridgehead atoms. The standard InChI is InChI=1S/C15H27/c1-2-3-4-5-6-7-9-12-15-13-10-8-11-14-15/h12-13H,2-11,14H2,1H3. The molecule has 0 aromatic rings. The summed E-state index contributed by atoms with van der Waals surface area (Å²) in [6.07, 6.45) is 20.3. The Bertz CT molecular complexity index is 167. The summed E-state index contributed by atoms with van der Waals surface area (Å²) in [4.78, 5) is 0. The largest absolute Gasteiger partial charge is 0.0850 e. The molecule has 0 aliphatic heterocycles. The molecule has 0 nitrogen and oxygen atoms in total. The van der Waals surface area contributed by atoms with E-state index in [2.05, 4.69) is 19.4 Å². The lowest BCUT2D eigenvalue weighted by Crippen LogP contribution is -1.92. The maximum atomic E-state index is 2.49. The molecule has 0 amide bonds. The lowest BCUT2D eigenvalue weighted by molar-refractivity contribution is 0.603. The first kappa shape index (κ1) is 12.8. The normalized spacial score (nSPS) is 16.5. The maximum absolute atomic E-state index is 2.49. The zero-order valence-electron chi connectivity index (χ0n) is 10.4. The van der Waals surface area contributed by atoms with Gasteiger partial charge >= 0.3 is 0 Å². The molecule has 0 unspecified atom stereocenters. The van der Waals surface area contributed by atoms with Crippen molar-refractivity contribution in [3.63, 3.8) is 0 Å². The van der Waals surface area contributed by atoms with Gasteiger partial charge in [0.25, 0.3) is 0 Å². The molecule has 0 saturated carbocycles. The van der Waals surface area contributed by atoms with Crippen molar-refractivity contribution in [2.24, 2.45) is 0 Å². The van der Waals surface area contributed by atoms with E-state index in [9.17, 15) is 0 Å². The third-order valence-corrected chi connectivity index (χ3v) is 3.29. The molecule has 0 aromatic heterocycles. The summed E-state index contributed by atoms with van der Waals surface area (Å²) in [5.41, 5.74) is 1.63. The number of unbranched alkanes of at least 4 members (excludes halogenated alkanes) is 6. The van der Waals surface area contributed by atoms with Crippen molar-refractivity contribution in [2.75, 3.05) is 0 Å².